The predicted molar refractivity (Wildman–Crippen MR) is 115 cm³/mol. The molecule has 0 N–H and O–H groups in total. The van der Waals surface area contributed by atoms with Crippen molar-refractivity contribution in [1.29, 1.82) is 0 Å². The average molecular weight is 456 g/mol. The zero-order valence-electron chi connectivity index (χ0n) is 16.9. The molecule has 0 aromatic heterocycles. The molecule has 0 saturated carbocycles. The third-order valence-corrected chi connectivity index (χ3v) is 23.1. The number of ether oxygens (including phenoxy) is 1. The molecule has 1 aliphatic heterocycles. The Balaban J connectivity index is 2.18. The van der Waals surface area contributed by atoms with Gasteiger partial charge in [-0.25, -0.2) is 0 Å². The van der Waals surface area contributed by atoms with Gasteiger partial charge in [-0.3, -0.25) is 0 Å². The van der Waals surface area contributed by atoms with E-state index in [0.717, 1.165) is 5.90 Å². The standard InChI is InChI=1S/C12H14NO.C6H5.C4H9.CH3.Sn/c1-9(2)11-8-14-12(13-11)10-6-4-3-5-7-10;1-2-4-6-5-3-1;1-4(2)3;;/h3-6,9,11H,8H2,1-2H3;1-5H;1-3H3;1H3;/t11-;;;;/m1..../s1. The second-order valence-corrected chi connectivity index (χ2v) is 22.7. The van der Waals surface area contributed by atoms with E-state index in [9.17, 15) is 0 Å². The van der Waals surface area contributed by atoms with Crippen molar-refractivity contribution in [3.8, 4) is 0 Å². The Morgan fingerprint density at radius 1 is 1.00 bits per heavy atom. The molecule has 2 nitrogen and oxygen atoms in total. The molecular formula is C23H31NOSn. The summed E-state index contributed by atoms with van der Waals surface area (Å²) in [5.74, 6) is 1.36. The molecule has 0 saturated heterocycles. The summed E-state index contributed by atoms with van der Waals surface area (Å²) in [6, 6.07) is 20.2. The molecule has 1 heterocycles. The maximum absolute atomic E-state index is 6.08. The van der Waals surface area contributed by atoms with Gasteiger partial charge in [-0.1, -0.05) is 0 Å². The third kappa shape index (κ3) is 3.45. The Bertz CT molecular complexity index is 791. The number of aliphatic imine (C=N–C) groups is 1. The summed E-state index contributed by atoms with van der Waals surface area (Å²) in [5, 5.41) is 0. The van der Waals surface area contributed by atoms with E-state index in [1.165, 1.54) is 12.7 Å². The Hall–Kier alpha value is -1.29. The molecule has 0 aliphatic carbocycles. The van der Waals surface area contributed by atoms with E-state index in [4.69, 9.17) is 9.73 Å². The quantitative estimate of drug-likeness (QED) is 0.622. The van der Waals surface area contributed by atoms with Crippen molar-refractivity contribution in [2.24, 2.45) is 10.9 Å². The van der Waals surface area contributed by atoms with Gasteiger partial charge in [0.2, 0.25) is 0 Å². The van der Waals surface area contributed by atoms with Gasteiger partial charge in [-0.05, 0) is 0 Å². The molecule has 0 spiro atoms. The average Bonchev–Trinajstić information content (AvgIpc) is 3.11. The van der Waals surface area contributed by atoms with Crippen molar-refractivity contribution in [3.63, 3.8) is 0 Å². The van der Waals surface area contributed by atoms with Crippen LogP contribution in [0.15, 0.2) is 59.6 Å². The summed E-state index contributed by atoms with van der Waals surface area (Å²) in [5.41, 5.74) is 1.22. The van der Waals surface area contributed by atoms with Gasteiger partial charge in [0.05, 0.1) is 0 Å². The van der Waals surface area contributed by atoms with Crippen LogP contribution in [-0.4, -0.2) is 36.9 Å². The van der Waals surface area contributed by atoms with Crippen molar-refractivity contribution >= 4 is 31.4 Å². The van der Waals surface area contributed by atoms with Crippen LogP contribution in [0.4, 0.5) is 0 Å². The molecule has 2 aromatic carbocycles. The molecule has 0 unspecified atom stereocenters. The Kier molecular flexibility index (Phi) is 5.52. The van der Waals surface area contributed by atoms with Gasteiger partial charge >= 0.3 is 163 Å². The Morgan fingerprint density at radius 3 is 2.19 bits per heavy atom. The fraction of sp³-hybridized carbons (Fsp3) is 0.435. The van der Waals surface area contributed by atoms with Gasteiger partial charge in [-0.2, -0.15) is 0 Å². The van der Waals surface area contributed by atoms with Crippen LogP contribution in [0.1, 0.15) is 40.2 Å². The molecule has 2 atom stereocenters. The first-order chi connectivity index (χ1) is 12.2. The zero-order valence-corrected chi connectivity index (χ0v) is 19.8. The van der Waals surface area contributed by atoms with Gasteiger partial charge in [-0.15, -0.1) is 0 Å². The van der Waals surface area contributed by atoms with Crippen LogP contribution < -0.4 is 7.16 Å². The second-order valence-electron chi connectivity index (χ2n) is 8.84. The molecule has 3 heteroatoms. The molecule has 0 bridgehead atoms. The van der Waals surface area contributed by atoms with Gasteiger partial charge in [0, 0.05) is 0 Å². The molecule has 3 rings (SSSR count). The molecule has 2 aromatic rings. The Morgan fingerprint density at radius 2 is 1.62 bits per heavy atom. The zero-order chi connectivity index (χ0) is 18.9. The summed E-state index contributed by atoms with van der Waals surface area (Å²) in [6.45, 7) is 12.3. The molecule has 26 heavy (non-hydrogen) atoms. The molecule has 1 aliphatic rings. The van der Waals surface area contributed by atoms with E-state index in [1.807, 2.05) is 0 Å². The van der Waals surface area contributed by atoms with Crippen molar-refractivity contribution in [2.75, 3.05) is 6.61 Å². The summed E-state index contributed by atoms with van der Waals surface area (Å²) < 4.78 is 9.34. The SMILES string of the molecule is CC(C)[C@H]1COC(c2cccc[c]2[Sn@]([CH3])([c]2ccccc2)[C](C)(C)C)=N1. The topological polar surface area (TPSA) is 21.6 Å². The number of hydrogen-bond acceptors (Lipinski definition) is 2. The van der Waals surface area contributed by atoms with Crippen LogP contribution in [-0.2, 0) is 4.74 Å². The molecule has 0 radical (unpaired) electrons. The minimum absolute atomic E-state index is 0.239. The van der Waals surface area contributed by atoms with Crippen molar-refractivity contribution in [2.45, 2.75) is 49.0 Å². The summed E-state index contributed by atoms with van der Waals surface area (Å²) in [7, 11) is 0. The molecular weight excluding hydrogens is 425 g/mol. The fourth-order valence-electron chi connectivity index (χ4n) is 3.75. The number of rotatable bonds is 4. The molecule has 0 fully saturated rings. The van der Waals surface area contributed by atoms with Crippen LogP contribution in [0, 0.1) is 5.92 Å². The number of nitrogens with zero attached hydrogens (tertiary/aromatic N) is 1. The maximum atomic E-state index is 6.08. The fourth-order valence-corrected chi connectivity index (χ4v) is 15.2. The summed E-state index contributed by atoms with van der Waals surface area (Å²) >= 11 is -2.98. The van der Waals surface area contributed by atoms with Crippen LogP contribution in [0.3, 0.4) is 0 Å². The normalized spacial score (nSPS) is 19.8. The monoisotopic (exact) mass is 457 g/mol. The van der Waals surface area contributed by atoms with Gasteiger partial charge < -0.3 is 0 Å². The van der Waals surface area contributed by atoms with Crippen molar-refractivity contribution < 1.29 is 4.74 Å². The first-order valence-corrected chi connectivity index (χ1v) is 16.7. The first-order valence-electron chi connectivity index (χ1n) is 9.61. The van der Waals surface area contributed by atoms with Crippen LogP contribution in [0.2, 0.25) is 8.37 Å². The molecule has 138 valence electrons. The van der Waals surface area contributed by atoms with Crippen molar-refractivity contribution in [3.05, 3.63) is 60.2 Å². The second kappa shape index (κ2) is 7.38. The van der Waals surface area contributed by atoms with E-state index in [2.05, 4.69) is 94.2 Å². The predicted octanol–water partition coefficient (Wildman–Crippen LogP) is 4.48. The molecule has 0 amide bonds. The van der Waals surface area contributed by atoms with Gasteiger partial charge in [0.1, 0.15) is 0 Å². The van der Waals surface area contributed by atoms with Crippen LogP contribution in [0.25, 0.3) is 0 Å². The van der Waals surface area contributed by atoms with Gasteiger partial charge in [0.15, 0.2) is 0 Å². The first kappa shape index (κ1) is 19.5. The minimum atomic E-state index is -2.98. The van der Waals surface area contributed by atoms with Crippen molar-refractivity contribution in [1.82, 2.24) is 0 Å². The van der Waals surface area contributed by atoms with Crippen LogP contribution in [0.5, 0.6) is 0 Å². The van der Waals surface area contributed by atoms with E-state index in [-0.39, 0.29) is 9.47 Å². The Labute approximate surface area is 162 Å². The van der Waals surface area contributed by atoms with Crippen LogP contribution >= 0.6 is 0 Å². The van der Waals surface area contributed by atoms with Gasteiger partial charge in [0.25, 0.3) is 0 Å². The van der Waals surface area contributed by atoms with E-state index >= 15 is 0 Å². The third-order valence-electron chi connectivity index (χ3n) is 5.99. The van der Waals surface area contributed by atoms with E-state index in [1.54, 1.807) is 0 Å². The number of hydrogen-bond donors (Lipinski definition) is 0. The number of benzene rings is 2. The summed E-state index contributed by atoms with van der Waals surface area (Å²) in [6.07, 6.45) is 0. The van der Waals surface area contributed by atoms with E-state index in [0.29, 0.717) is 12.5 Å². The van der Waals surface area contributed by atoms with E-state index < -0.39 is 18.4 Å². The summed E-state index contributed by atoms with van der Waals surface area (Å²) in [4.78, 5) is 7.49.